The number of aromatic nitrogens is 3. The largest absolute Gasteiger partial charge is 0.491 e. The molecule has 1 atom stereocenters. The number of para-hydroxylation sites is 1. The lowest BCUT2D eigenvalue weighted by Gasteiger charge is -2.33. The highest BCUT2D eigenvalue weighted by atomic mass is 16.5. The van der Waals surface area contributed by atoms with E-state index in [0.29, 0.717) is 19.0 Å². The standard InChI is InChI=1S/C21H22N4O2/c1-16-12-20(24-21(23-16)17-6-5-9-22-13-17)25-10-11-26-19(14-25)15-27-18-7-3-2-4-8-18/h2-9,12-13,19H,10-11,14-15H2,1H3. The summed E-state index contributed by atoms with van der Waals surface area (Å²) in [7, 11) is 0. The molecule has 0 amide bonds. The van der Waals surface area contributed by atoms with Gasteiger partial charge in [-0.3, -0.25) is 4.98 Å². The van der Waals surface area contributed by atoms with E-state index in [1.165, 1.54) is 0 Å². The molecule has 0 aliphatic carbocycles. The molecule has 1 aromatic carbocycles. The molecule has 3 heterocycles. The molecule has 1 aliphatic rings. The molecule has 4 rings (SSSR count). The van der Waals surface area contributed by atoms with Crippen LogP contribution < -0.4 is 9.64 Å². The molecule has 1 fully saturated rings. The minimum atomic E-state index is -0.00364. The second-order valence-corrected chi connectivity index (χ2v) is 6.50. The molecule has 1 saturated heterocycles. The number of morpholine rings is 1. The van der Waals surface area contributed by atoms with Crippen LogP contribution in [0.25, 0.3) is 11.4 Å². The number of ether oxygens (including phenoxy) is 2. The van der Waals surface area contributed by atoms with Gasteiger partial charge in [-0.2, -0.15) is 0 Å². The molecule has 138 valence electrons. The highest BCUT2D eigenvalue weighted by molar-refractivity contribution is 5.56. The van der Waals surface area contributed by atoms with Crippen LogP contribution in [0.2, 0.25) is 0 Å². The van der Waals surface area contributed by atoms with Crippen molar-refractivity contribution in [2.75, 3.05) is 31.2 Å². The smallest absolute Gasteiger partial charge is 0.163 e. The van der Waals surface area contributed by atoms with Gasteiger partial charge in [0.05, 0.1) is 6.61 Å². The van der Waals surface area contributed by atoms with Crippen molar-refractivity contribution in [1.29, 1.82) is 0 Å². The summed E-state index contributed by atoms with van der Waals surface area (Å²) in [6, 6.07) is 15.7. The highest BCUT2D eigenvalue weighted by Gasteiger charge is 2.23. The molecule has 1 aliphatic heterocycles. The Balaban J connectivity index is 1.47. The van der Waals surface area contributed by atoms with Gasteiger partial charge in [0.25, 0.3) is 0 Å². The van der Waals surface area contributed by atoms with Gasteiger partial charge in [0.15, 0.2) is 5.82 Å². The predicted molar refractivity (Wildman–Crippen MR) is 104 cm³/mol. The van der Waals surface area contributed by atoms with Crippen LogP contribution >= 0.6 is 0 Å². The van der Waals surface area contributed by atoms with Gasteiger partial charge in [0.1, 0.15) is 24.3 Å². The van der Waals surface area contributed by atoms with Crippen LogP contribution in [0.4, 0.5) is 5.82 Å². The monoisotopic (exact) mass is 362 g/mol. The minimum absolute atomic E-state index is 0.00364. The molecule has 0 spiro atoms. The maximum Gasteiger partial charge on any atom is 0.163 e. The number of rotatable bonds is 5. The maximum absolute atomic E-state index is 5.88. The number of benzene rings is 1. The van der Waals surface area contributed by atoms with Gasteiger partial charge in [0.2, 0.25) is 0 Å². The van der Waals surface area contributed by atoms with Crippen LogP contribution in [0.15, 0.2) is 60.9 Å². The molecule has 0 N–H and O–H groups in total. The van der Waals surface area contributed by atoms with Gasteiger partial charge in [-0.15, -0.1) is 0 Å². The van der Waals surface area contributed by atoms with Crippen LogP contribution in [0.3, 0.4) is 0 Å². The zero-order valence-corrected chi connectivity index (χ0v) is 15.3. The summed E-state index contributed by atoms with van der Waals surface area (Å²) in [6.07, 6.45) is 3.53. The average Bonchev–Trinajstić information content (AvgIpc) is 2.73. The summed E-state index contributed by atoms with van der Waals surface area (Å²) in [5.74, 6) is 2.46. The molecule has 27 heavy (non-hydrogen) atoms. The molecule has 0 radical (unpaired) electrons. The average molecular weight is 362 g/mol. The van der Waals surface area contributed by atoms with Crippen molar-refractivity contribution in [1.82, 2.24) is 15.0 Å². The molecule has 3 aromatic rings. The van der Waals surface area contributed by atoms with E-state index in [0.717, 1.165) is 35.9 Å². The zero-order valence-electron chi connectivity index (χ0n) is 15.3. The van der Waals surface area contributed by atoms with E-state index in [9.17, 15) is 0 Å². The second-order valence-electron chi connectivity index (χ2n) is 6.50. The third kappa shape index (κ3) is 4.41. The van der Waals surface area contributed by atoms with Gasteiger partial charge < -0.3 is 14.4 Å². The first-order valence-electron chi connectivity index (χ1n) is 9.08. The Morgan fingerprint density at radius 3 is 2.85 bits per heavy atom. The summed E-state index contributed by atoms with van der Waals surface area (Å²) in [4.78, 5) is 15.7. The van der Waals surface area contributed by atoms with Crippen LogP contribution in [0.5, 0.6) is 5.75 Å². The van der Waals surface area contributed by atoms with Gasteiger partial charge in [0, 0.05) is 42.8 Å². The first-order chi connectivity index (χ1) is 13.3. The van der Waals surface area contributed by atoms with Gasteiger partial charge in [-0.1, -0.05) is 18.2 Å². The lowest BCUT2D eigenvalue weighted by Crippen LogP contribution is -2.45. The van der Waals surface area contributed by atoms with Crippen LogP contribution in [0.1, 0.15) is 5.69 Å². The SMILES string of the molecule is Cc1cc(N2CCOC(COc3ccccc3)C2)nc(-c2cccnc2)n1. The number of nitrogens with zero attached hydrogens (tertiary/aromatic N) is 4. The lowest BCUT2D eigenvalue weighted by molar-refractivity contribution is 0.0100. The lowest BCUT2D eigenvalue weighted by atomic mass is 10.2. The Labute approximate surface area is 158 Å². The van der Waals surface area contributed by atoms with E-state index in [-0.39, 0.29) is 6.10 Å². The van der Waals surface area contributed by atoms with E-state index >= 15 is 0 Å². The summed E-state index contributed by atoms with van der Waals surface area (Å²) in [5, 5.41) is 0. The molecule has 6 nitrogen and oxygen atoms in total. The fourth-order valence-corrected chi connectivity index (χ4v) is 3.07. The molecule has 2 aromatic heterocycles. The van der Waals surface area contributed by atoms with E-state index in [2.05, 4.69) is 14.9 Å². The third-order valence-corrected chi connectivity index (χ3v) is 4.40. The normalized spacial score (nSPS) is 16.9. The third-order valence-electron chi connectivity index (χ3n) is 4.40. The Hall–Kier alpha value is -2.99. The molecular weight excluding hydrogens is 340 g/mol. The summed E-state index contributed by atoms with van der Waals surface area (Å²) in [6.45, 7) is 4.68. The second kappa shape index (κ2) is 8.14. The van der Waals surface area contributed by atoms with E-state index in [1.807, 2.05) is 55.5 Å². The zero-order chi connectivity index (χ0) is 18.5. The van der Waals surface area contributed by atoms with Gasteiger partial charge >= 0.3 is 0 Å². The van der Waals surface area contributed by atoms with Crippen molar-refractivity contribution in [2.24, 2.45) is 0 Å². The fourth-order valence-electron chi connectivity index (χ4n) is 3.07. The molecule has 1 unspecified atom stereocenters. The first kappa shape index (κ1) is 17.4. The Morgan fingerprint density at radius 2 is 2.04 bits per heavy atom. The van der Waals surface area contributed by atoms with Gasteiger partial charge in [-0.05, 0) is 31.2 Å². The summed E-state index contributed by atoms with van der Waals surface area (Å²) in [5.41, 5.74) is 1.85. The first-order valence-corrected chi connectivity index (χ1v) is 9.08. The highest BCUT2D eigenvalue weighted by Crippen LogP contribution is 2.21. The van der Waals surface area contributed by atoms with E-state index in [1.54, 1.807) is 12.4 Å². The fraction of sp³-hybridized carbons (Fsp3) is 0.286. The Morgan fingerprint density at radius 1 is 1.15 bits per heavy atom. The Kier molecular flexibility index (Phi) is 5.25. The minimum Gasteiger partial charge on any atom is -0.491 e. The van der Waals surface area contributed by atoms with Crippen molar-refractivity contribution >= 4 is 5.82 Å². The molecular formula is C21H22N4O2. The maximum atomic E-state index is 5.88. The number of hydrogen-bond acceptors (Lipinski definition) is 6. The van der Waals surface area contributed by atoms with Crippen molar-refractivity contribution in [3.8, 4) is 17.1 Å². The number of hydrogen-bond donors (Lipinski definition) is 0. The van der Waals surface area contributed by atoms with E-state index in [4.69, 9.17) is 14.5 Å². The van der Waals surface area contributed by atoms with Crippen LogP contribution in [-0.2, 0) is 4.74 Å². The van der Waals surface area contributed by atoms with E-state index < -0.39 is 0 Å². The topological polar surface area (TPSA) is 60.4 Å². The number of anilines is 1. The predicted octanol–water partition coefficient (Wildman–Crippen LogP) is 3.13. The van der Waals surface area contributed by atoms with Crippen molar-refractivity contribution in [3.63, 3.8) is 0 Å². The van der Waals surface area contributed by atoms with Crippen LogP contribution in [0, 0.1) is 6.92 Å². The van der Waals surface area contributed by atoms with Crippen molar-refractivity contribution in [3.05, 3.63) is 66.6 Å². The number of pyridine rings is 1. The molecule has 6 heteroatoms. The van der Waals surface area contributed by atoms with Gasteiger partial charge in [-0.25, -0.2) is 9.97 Å². The van der Waals surface area contributed by atoms with Crippen LogP contribution in [-0.4, -0.2) is 47.4 Å². The Bertz CT molecular complexity index is 874. The molecule has 0 bridgehead atoms. The van der Waals surface area contributed by atoms with Crippen molar-refractivity contribution in [2.45, 2.75) is 13.0 Å². The summed E-state index contributed by atoms with van der Waals surface area (Å²) < 4.78 is 11.7. The quantitative estimate of drug-likeness (QED) is 0.695. The summed E-state index contributed by atoms with van der Waals surface area (Å²) >= 11 is 0. The molecule has 0 saturated carbocycles. The van der Waals surface area contributed by atoms with Crippen molar-refractivity contribution < 1.29 is 9.47 Å². The number of aryl methyl sites for hydroxylation is 1.